The number of carbonyl (C=O) groups is 2. The van der Waals surface area contributed by atoms with E-state index in [1.807, 2.05) is 6.92 Å². The Kier molecular flexibility index (Phi) is 5.46. The average molecular weight is 400 g/mol. The van der Waals surface area contributed by atoms with Crippen molar-refractivity contribution in [1.29, 1.82) is 0 Å². The van der Waals surface area contributed by atoms with Crippen LogP contribution in [0.4, 0.5) is 5.82 Å². The smallest absolute Gasteiger partial charge is 0.337 e. The summed E-state index contributed by atoms with van der Waals surface area (Å²) in [5.41, 5.74) is 2.40. The molecule has 2 N–H and O–H groups in total. The van der Waals surface area contributed by atoms with Crippen LogP contribution in [0.1, 0.15) is 34.6 Å². The number of methoxy groups -OCH3 is 1. The summed E-state index contributed by atoms with van der Waals surface area (Å²) in [7, 11) is 3.11. The zero-order valence-electron chi connectivity index (χ0n) is 15.9. The van der Waals surface area contributed by atoms with Gasteiger partial charge in [-0.05, 0) is 43.8 Å². The fourth-order valence-corrected chi connectivity index (χ4v) is 3.17. The number of nitrogens with one attached hydrogen (secondary N) is 2. The number of thiocarbonyl (C=S) groups is 1. The summed E-state index contributed by atoms with van der Waals surface area (Å²) >= 11 is 5.39. The van der Waals surface area contributed by atoms with E-state index in [9.17, 15) is 9.59 Å². The molecule has 0 aliphatic carbocycles. The van der Waals surface area contributed by atoms with Gasteiger partial charge in [-0.1, -0.05) is 17.3 Å². The third kappa shape index (κ3) is 3.74. The van der Waals surface area contributed by atoms with Crippen LogP contribution in [-0.4, -0.2) is 41.2 Å². The van der Waals surface area contributed by atoms with Crippen molar-refractivity contribution in [2.75, 3.05) is 19.5 Å². The third-order valence-electron chi connectivity index (χ3n) is 4.53. The number of hydrogen-bond donors (Lipinski definition) is 2. The molecule has 2 aromatic rings. The second-order valence-electron chi connectivity index (χ2n) is 6.33. The van der Waals surface area contributed by atoms with E-state index in [1.54, 1.807) is 49.2 Å². The lowest BCUT2D eigenvalue weighted by atomic mass is 9.93. The minimum atomic E-state index is -0.483. The number of amides is 1. The molecule has 0 unspecified atom stereocenters. The Morgan fingerprint density at radius 1 is 1.29 bits per heavy atom. The van der Waals surface area contributed by atoms with Gasteiger partial charge >= 0.3 is 5.97 Å². The molecule has 1 amide bonds. The third-order valence-corrected chi connectivity index (χ3v) is 4.93. The van der Waals surface area contributed by atoms with E-state index in [1.165, 1.54) is 7.11 Å². The Morgan fingerprint density at radius 2 is 1.96 bits per heavy atom. The summed E-state index contributed by atoms with van der Waals surface area (Å²) in [5, 5.41) is 10.2. The highest BCUT2D eigenvalue weighted by atomic mass is 32.1. The van der Waals surface area contributed by atoms with Crippen molar-refractivity contribution in [3.05, 3.63) is 58.5 Å². The van der Waals surface area contributed by atoms with E-state index in [4.69, 9.17) is 21.5 Å². The first-order valence-corrected chi connectivity index (χ1v) is 8.90. The topological polar surface area (TPSA) is 96.7 Å². The average Bonchev–Trinajstić information content (AvgIpc) is 3.09. The molecule has 1 aromatic heterocycles. The van der Waals surface area contributed by atoms with Crippen molar-refractivity contribution in [3.63, 3.8) is 0 Å². The molecule has 0 fully saturated rings. The molecule has 0 bridgehead atoms. The van der Waals surface area contributed by atoms with Crippen LogP contribution in [0, 0.1) is 6.92 Å². The predicted molar refractivity (Wildman–Crippen MR) is 107 cm³/mol. The van der Waals surface area contributed by atoms with Crippen LogP contribution >= 0.6 is 12.2 Å². The van der Waals surface area contributed by atoms with E-state index >= 15 is 0 Å². The summed E-state index contributed by atoms with van der Waals surface area (Å²) in [4.78, 5) is 26.4. The molecule has 0 radical (unpaired) electrons. The van der Waals surface area contributed by atoms with Gasteiger partial charge in [0.1, 0.15) is 5.76 Å². The quantitative estimate of drug-likeness (QED) is 0.597. The van der Waals surface area contributed by atoms with Crippen LogP contribution < -0.4 is 10.6 Å². The van der Waals surface area contributed by atoms with E-state index < -0.39 is 12.0 Å². The standard InChI is InChI=1S/C19H20N4O4S/c1-10-9-14(22-27-10)20-17(24)15-11(2)23(3)19(28)21-16(15)12-5-7-13(8-6-12)18(25)26-4/h5-9,16H,1-4H3,(H,21,28)(H,20,22,24)/t16-/m0/s1. The maximum absolute atomic E-state index is 13.0. The number of benzene rings is 1. The van der Waals surface area contributed by atoms with Gasteiger partial charge in [0.05, 0.1) is 24.3 Å². The highest BCUT2D eigenvalue weighted by Gasteiger charge is 2.33. The van der Waals surface area contributed by atoms with Crippen molar-refractivity contribution in [2.24, 2.45) is 0 Å². The van der Waals surface area contributed by atoms with Crippen LogP contribution in [0.5, 0.6) is 0 Å². The number of anilines is 1. The molecule has 1 atom stereocenters. The monoisotopic (exact) mass is 400 g/mol. The van der Waals surface area contributed by atoms with Gasteiger partial charge in [0.2, 0.25) is 0 Å². The highest BCUT2D eigenvalue weighted by molar-refractivity contribution is 7.80. The van der Waals surface area contributed by atoms with Gasteiger partial charge in [0.15, 0.2) is 10.9 Å². The molecule has 1 aromatic carbocycles. The number of aryl methyl sites for hydroxylation is 1. The zero-order valence-corrected chi connectivity index (χ0v) is 16.7. The molecule has 0 saturated heterocycles. The molecule has 1 aliphatic heterocycles. The lowest BCUT2D eigenvalue weighted by Crippen LogP contribution is -2.46. The van der Waals surface area contributed by atoms with Gasteiger partial charge in [-0.2, -0.15) is 0 Å². The van der Waals surface area contributed by atoms with E-state index in [2.05, 4.69) is 15.8 Å². The molecule has 8 nitrogen and oxygen atoms in total. The zero-order chi connectivity index (χ0) is 20.4. The SMILES string of the molecule is COC(=O)c1ccc([C@@H]2NC(=S)N(C)C(C)=C2C(=O)Nc2cc(C)on2)cc1. The van der Waals surface area contributed by atoms with Crippen molar-refractivity contribution in [3.8, 4) is 0 Å². The van der Waals surface area contributed by atoms with Gasteiger partial charge in [-0.25, -0.2) is 4.79 Å². The maximum atomic E-state index is 13.0. The molecule has 9 heteroatoms. The Hall–Kier alpha value is -3.20. The number of esters is 1. The predicted octanol–water partition coefficient (Wildman–Crippen LogP) is 2.54. The number of hydrogen-bond acceptors (Lipinski definition) is 6. The molecule has 2 heterocycles. The molecule has 28 heavy (non-hydrogen) atoms. The summed E-state index contributed by atoms with van der Waals surface area (Å²) in [6.45, 7) is 3.57. The summed E-state index contributed by atoms with van der Waals surface area (Å²) in [5.74, 6) is 0.175. The van der Waals surface area contributed by atoms with Crippen LogP contribution in [0.15, 0.2) is 46.1 Å². The summed E-state index contributed by atoms with van der Waals surface area (Å²) in [6.07, 6.45) is 0. The largest absolute Gasteiger partial charge is 0.465 e. The fraction of sp³-hybridized carbons (Fsp3) is 0.263. The Labute approximate surface area is 167 Å². The number of nitrogens with zero attached hydrogens (tertiary/aromatic N) is 2. The summed E-state index contributed by atoms with van der Waals surface area (Å²) in [6, 6.07) is 7.98. The molecule has 146 valence electrons. The van der Waals surface area contributed by atoms with Gasteiger partial charge in [-0.3, -0.25) is 4.79 Å². The number of rotatable bonds is 4. The van der Waals surface area contributed by atoms with E-state index in [-0.39, 0.29) is 5.91 Å². The van der Waals surface area contributed by atoms with Crippen molar-refractivity contribution >= 4 is 35.0 Å². The van der Waals surface area contributed by atoms with Gasteiger partial charge < -0.3 is 24.8 Å². The van der Waals surface area contributed by atoms with Gasteiger partial charge in [0.25, 0.3) is 5.91 Å². The lowest BCUT2D eigenvalue weighted by molar-refractivity contribution is -0.113. The van der Waals surface area contributed by atoms with Crippen LogP contribution in [0.2, 0.25) is 0 Å². The lowest BCUT2D eigenvalue weighted by Gasteiger charge is -2.35. The Balaban J connectivity index is 1.96. The van der Waals surface area contributed by atoms with Crippen molar-refractivity contribution in [1.82, 2.24) is 15.4 Å². The number of ether oxygens (including phenoxy) is 1. The number of carbonyl (C=O) groups excluding carboxylic acids is 2. The molecular weight excluding hydrogens is 380 g/mol. The van der Waals surface area contributed by atoms with Crippen LogP contribution in [0.3, 0.4) is 0 Å². The van der Waals surface area contributed by atoms with Gasteiger partial charge in [0, 0.05) is 18.8 Å². The second kappa shape index (κ2) is 7.81. The minimum Gasteiger partial charge on any atom is -0.465 e. The van der Waals surface area contributed by atoms with E-state index in [0.29, 0.717) is 33.5 Å². The first-order valence-electron chi connectivity index (χ1n) is 8.49. The second-order valence-corrected chi connectivity index (χ2v) is 6.72. The van der Waals surface area contributed by atoms with Crippen LogP contribution in [0.25, 0.3) is 0 Å². The number of aromatic nitrogens is 1. The number of allylic oxidation sites excluding steroid dienone is 1. The molecular formula is C19H20N4O4S. The fourth-order valence-electron chi connectivity index (χ4n) is 2.92. The highest BCUT2D eigenvalue weighted by Crippen LogP contribution is 2.31. The van der Waals surface area contributed by atoms with Crippen LogP contribution in [-0.2, 0) is 9.53 Å². The Morgan fingerprint density at radius 3 is 2.54 bits per heavy atom. The normalized spacial score (nSPS) is 16.6. The van der Waals surface area contributed by atoms with Crippen molar-refractivity contribution in [2.45, 2.75) is 19.9 Å². The first kappa shape index (κ1) is 19.6. The molecule has 3 rings (SSSR count). The Bertz CT molecular complexity index is 965. The maximum Gasteiger partial charge on any atom is 0.337 e. The first-order chi connectivity index (χ1) is 13.3. The molecule has 0 saturated carbocycles. The minimum absolute atomic E-state index is 0.324. The summed E-state index contributed by atoms with van der Waals surface area (Å²) < 4.78 is 9.73. The molecule has 0 spiro atoms. The molecule has 1 aliphatic rings. The van der Waals surface area contributed by atoms with E-state index in [0.717, 1.165) is 5.56 Å². The van der Waals surface area contributed by atoms with Crippen molar-refractivity contribution < 1.29 is 18.8 Å². The van der Waals surface area contributed by atoms with Gasteiger partial charge in [-0.15, -0.1) is 0 Å².